The fourth-order valence-corrected chi connectivity index (χ4v) is 3.13. The number of allylic oxidation sites excluding steroid dienone is 1. The van der Waals surface area contributed by atoms with Crippen LogP contribution in [0.3, 0.4) is 0 Å². The summed E-state index contributed by atoms with van der Waals surface area (Å²) in [7, 11) is 1.35. The normalized spacial score (nSPS) is 16.2. The van der Waals surface area contributed by atoms with E-state index in [0.29, 0.717) is 29.6 Å². The van der Waals surface area contributed by atoms with Gasteiger partial charge in [-0.25, -0.2) is 4.79 Å². The molecule has 1 unspecified atom stereocenters. The molecule has 2 heterocycles. The molecule has 8 nitrogen and oxygen atoms in total. The van der Waals surface area contributed by atoms with E-state index in [2.05, 4.69) is 36.8 Å². The second-order valence-electron chi connectivity index (χ2n) is 5.54. The van der Waals surface area contributed by atoms with Gasteiger partial charge in [0.25, 0.3) is 0 Å². The second-order valence-corrected chi connectivity index (χ2v) is 6.45. The minimum Gasteiger partial charge on any atom is -0.493 e. The summed E-state index contributed by atoms with van der Waals surface area (Å²) in [4.78, 5) is 12.4. The maximum absolute atomic E-state index is 12.4. The number of nitrogens with zero attached hydrogens (tertiary/aromatic N) is 4. The van der Waals surface area contributed by atoms with Crippen molar-refractivity contribution in [1.29, 1.82) is 0 Å². The number of aromatic nitrogens is 4. The van der Waals surface area contributed by atoms with Gasteiger partial charge in [0.05, 0.1) is 19.3 Å². The van der Waals surface area contributed by atoms with E-state index >= 15 is 0 Å². The maximum Gasteiger partial charge on any atom is 0.338 e. The molecule has 0 radical (unpaired) electrons. The molecule has 1 N–H and O–H groups in total. The van der Waals surface area contributed by atoms with E-state index in [1.165, 1.54) is 7.11 Å². The number of ether oxygens (including phenoxy) is 2. The van der Waals surface area contributed by atoms with Crippen molar-refractivity contribution < 1.29 is 14.3 Å². The number of carbonyl (C=O) groups is 1. The van der Waals surface area contributed by atoms with E-state index in [0.717, 1.165) is 16.5 Å². The average Bonchev–Trinajstić information content (AvgIpc) is 3.06. The molecule has 0 fully saturated rings. The summed E-state index contributed by atoms with van der Waals surface area (Å²) in [6.45, 7) is 4.40. The number of fused-ring (bicyclic) bond motifs is 1. The zero-order valence-electron chi connectivity index (χ0n) is 14.1. The lowest BCUT2D eigenvalue weighted by molar-refractivity contribution is -0.136. The van der Waals surface area contributed by atoms with E-state index in [1.807, 2.05) is 25.1 Å². The number of carbonyl (C=O) groups excluding carboxylic acids is 1. The molecule has 1 aromatic heterocycles. The first-order valence-electron chi connectivity index (χ1n) is 7.83. The first-order chi connectivity index (χ1) is 12.1. The SMILES string of the molecule is CCCOc1ccc(Br)cc1C1C(C(=O)OC)=C(C)Nc2nnnn21. The van der Waals surface area contributed by atoms with Crippen LogP contribution in [0.4, 0.5) is 5.95 Å². The Morgan fingerprint density at radius 3 is 2.96 bits per heavy atom. The molecule has 0 aliphatic carbocycles. The predicted octanol–water partition coefficient (Wildman–Crippen LogP) is 2.69. The Kier molecular flexibility index (Phi) is 5.03. The number of hydrogen-bond donors (Lipinski definition) is 1. The molecule has 0 amide bonds. The van der Waals surface area contributed by atoms with E-state index in [1.54, 1.807) is 11.6 Å². The fourth-order valence-electron chi connectivity index (χ4n) is 2.75. The predicted molar refractivity (Wildman–Crippen MR) is 94.2 cm³/mol. The number of halogens is 1. The molecule has 1 atom stereocenters. The van der Waals surface area contributed by atoms with Crippen LogP contribution in [0, 0.1) is 0 Å². The summed E-state index contributed by atoms with van der Waals surface area (Å²) >= 11 is 3.49. The van der Waals surface area contributed by atoms with Gasteiger partial charge in [0, 0.05) is 15.7 Å². The van der Waals surface area contributed by atoms with Gasteiger partial charge in [-0.3, -0.25) is 0 Å². The van der Waals surface area contributed by atoms with Crippen LogP contribution in [0.25, 0.3) is 0 Å². The highest BCUT2D eigenvalue weighted by Crippen LogP contribution is 2.40. The van der Waals surface area contributed by atoms with Crippen LogP contribution in [0.2, 0.25) is 0 Å². The van der Waals surface area contributed by atoms with Gasteiger partial charge in [-0.1, -0.05) is 28.0 Å². The van der Waals surface area contributed by atoms with Gasteiger partial charge in [-0.2, -0.15) is 4.68 Å². The third kappa shape index (κ3) is 3.23. The molecule has 0 bridgehead atoms. The van der Waals surface area contributed by atoms with Crippen molar-refractivity contribution in [1.82, 2.24) is 20.2 Å². The standard InChI is InChI=1S/C16H18BrN5O3/c1-4-7-25-12-6-5-10(17)8-11(12)14-13(15(23)24-3)9(2)18-16-19-20-21-22(14)16/h5-6,8,14H,4,7H2,1-3H3,(H,18,19,21). The lowest BCUT2D eigenvalue weighted by Gasteiger charge is -2.28. The maximum atomic E-state index is 12.4. The minimum absolute atomic E-state index is 0.432. The summed E-state index contributed by atoms with van der Waals surface area (Å²) < 4.78 is 13.3. The van der Waals surface area contributed by atoms with Gasteiger partial charge >= 0.3 is 5.97 Å². The van der Waals surface area contributed by atoms with E-state index in [4.69, 9.17) is 9.47 Å². The summed E-state index contributed by atoms with van der Waals surface area (Å²) in [6.07, 6.45) is 0.872. The molecule has 0 saturated heterocycles. The molecule has 1 aliphatic heterocycles. The molecule has 1 aliphatic rings. The van der Waals surface area contributed by atoms with Crippen LogP contribution in [0.15, 0.2) is 33.9 Å². The van der Waals surface area contributed by atoms with Crippen molar-refractivity contribution in [3.63, 3.8) is 0 Å². The third-order valence-corrected chi connectivity index (χ3v) is 4.34. The van der Waals surface area contributed by atoms with Crippen molar-refractivity contribution in [2.45, 2.75) is 26.3 Å². The monoisotopic (exact) mass is 407 g/mol. The molecule has 0 saturated carbocycles. The second kappa shape index (κ2) is 7.22. The Labute approximate surface area is 153 Å². The van der Waals surface area contributed by atoms with Gasteiger partial charge in [-0.15, -0.1) is 0 Å². The molecule has 132 valence electrons. The summed E-state index contributed by atoms with van der Waals surface area (Å²) in [5, 5.41) is 14.8. The van der Waals surface area contributed by atoms with Crippen molar-refractivity contribution in [3.05, 3.63) is 39.5 Å². The lowest BCUT2D eigenvalue weighted by atomic mass is 9.95. The van der Waals surface area contributed by atoms with Gasteiger partial charge < -0.3 is 14.8 Å². The van der Waals surface area contributed by atoms with Gasteiger partial charge in [0.1, 0.15) is 11.8 Å². The number of methoxy groups -OCH3 is 1. The van der Waals surface area contributed by atoms with Gasteiger partial charge in [-0.05, 0) is 42.0 Å². The number of esters is 1. The molecule has 0 spiro atoms. The van der Waals surface area contributed by atoms with Crippen molar-refractivity contribution in [2.24, 2.45) is 0 Å². The highest BCUT2D eigenvalue weighted by molar-refractivity contribution is 9.10. The molecular weight excluding hydrogens is 390 g/mol. The molecule has 2 aromatic rings. The zero-order valence-corrected chi connectivity index (χ0v) is 15.7. The van der Waals surface area contributed by atoms with E-state index in [9.17, 15) is 4.79 Å². The summed E-state index contributed by atoms with van der Waals surface area (Å²) in [6, 6.07) is 5.11. The van der Waals surface area contributed by atoms with Crippen molar-refractivity contribution in [3.8, 4) is 5.75 Å². The molecular formula is C16H18BrN5O3. The Balaban J connectivity index is 2.19. The van der Waals surface area contributed by atoms with Gasteiger partial charge in [0.2, 0.25) is 5.95 Å². The van der Waals surface area contributed by atoms with Crippen LogP contribution in [-0.2, 0) is 9.53 Å². The average molecular weight is 408 g/mol. The quantitative estimate of drug-likeness (QED) is 0.761. The summed E-state index contributed by atoms with van der Waals surface area (Å²) in [5.41, 5.74) is 1.85. The Hall–Kier alpha value is -2.42. The lowest BCUT2D eigenvalue weighted by Crippen LogP contribution is -2.29. The highest BCUT2D eigenvalue weighted by Gasteiger charge is 2.36. The van der Waals surface area contributed by atoms with Crippen LogP contribution in [0.1, 0.15) is 31.9 Å². The number of benzene rings is 1. The van der Waals surface area contributed by atoms with Crippen LogP contribution in [0.5, 0.6) is 5.75 Å². The Morgan fingerprint density at radius 1 is 1.44 bits per heavy atom. The fraction of sp³-hybridized carbons (Fsp3) is 0.375. The molecule has 9 heteroatoms. The first kappa shape index (κ1) is 17.4. The number of tetrazole rings is 1. The smallest absolute Gasteiger partial charge is 0.338 e. The number of anilines is 1. The first-order valence-corrected chi connectivity index (χ1v) is 8.62. The van der Waals surface area contributed by atoms with Crippen molar-refractivity contribution >= 4 is 27.8 Å². The topological polar surface area (TPSA) is 91.2 Å². The summed E-state index contributed by atoms with van der Waals surface area (Å²) in [5.74, 6) is 0.682. The largest absolute Gasteiger partial charge is 0.493 e. The van der Waals surface area contributed by atoms with Crippen LogP contribution < -0.4 is 10.1 Å². The van der Waals surface area contributed by atoms with Gasteiger partial charge in [0.15, 0.2) is 0 Å². The van der Waals surface area contributed by atoms with E-state index < -0.39 is 12.0 Å². The molecule has 3 rings (SSSR count). The third-order valence-electron chi connectivity index (χ3n) is 3.85. The van der Waals surface area contributed by atoms with Crippen LogP contribution in [-0.4, -0.2) is 39.9 Å². The number of nitrogens with one attached hydrogen (secondary N) is 1. The highest BCUT2D eigenvalue weighted by atomic mass is 79.9. The molecule has 1 aromatic carbocycles. The van der Waals surface area contributed by atoms with Crippen LogP contribution >= 0.6 is 15.9 Å². The Morgan fingerprint density at radius 2 is 2.24 bits per heavy atom. The number of hydrogen-bond acceptors (Lipinski definition) is 7. The number of rotatable bonds is 5. The molecule has 25 heavy (non-hydrogen) atoms. The van der Waals surface area contributed by atoms with Crippen molar-refractivity contribution in [2.75, 3.05) is 19.0 Å². The Bertz CT molecular complexity index is 833. The minimum atomic E-state index is -0.553. The zero-order chi connectivity index (χ0) is 18.0. The van der Waals surface area contributed by atoms with E-state index in [-0.39, 0.29) is 0 Å².